The van der Waals surface area contributed by atoms with Crippen LogP contribution in [0.2, 0.25) is 0 Å². The van der Waals surface area contributed by atoms with Gasteiger partial charge in [0, 0.05) is 18.6 Å². The fourth-order valence-electron chi connectivity index (χ4n) is 3.16. The number of pyridine rings is 1. The van der Waals surface area contributed by atoms with Gasteiger partial charge >= 0.3 is 0 Å². The van der Waals surface area contributed by atoms with E-state index in [2.05, 4.69) is 80.7 Å². The van der Waals surface area contributed by atoms with Crippen LogP contribution in [0.1, 0.15) is 31.9 Å². The predicted octanol–water partition coefficient (Wildman–Crippen LogP) is 5.14. The third-order valence-electron chi connectivity index (χ3n) is 4.02. The second-order valence-electron chi connectivity index (χ2n) is 7.37. The fourth-order valence-corrected chi connectivity index (χ4v) is 3.16. The van der Waals surface area contributed by atoms with Crippen molar-refractivity contribution >= 4 is 11.0 Å². The summed E-state index contributed by atoms with van der Waals surface area (Å²) in [5.41, 5.74) is 6.49. The summed E-state index contributed by atoms with van der Waals surface area (Å²) >= 11 is 0. The Morgan fingerprint density at radius 2 is 1.77 bits per heavy atom. The molecule has 0 saturated heterocycles. The Balaban J connectivity index is 2.34. The largest absolute Gasteiger partial charge is 0.328 e. The molecule has 0 amide bonds. The topological polar surface area (TPSA) is 17.8 Å². The smallest absolute Gasteiger partial charge is 0.140 e. The molecule has 0 aliphatic heterocycles. The molecule has 3 rings (SSSR count). The molecule has 0 aliphatic carbocycles. The second-order valence-corrected chi connectivity index (χ2v) is 7.37. The number of hydrogen-bond acceptors (Lipinski definition) is 1. The zero-order chi connectivity index (χ0) is 15.9. The van der Waals surface area contributed by atoms with Crippen LogP contribution in [-0.4, -0.2) is 9.55 Å². The molecule has 2 aromatic heterocycles. The summed E-state index contributed by atoms with van der Waals surface area (Å²) in [5, 5.41) is 1.29. The first-order chi connectivity index (χ1) is 10.4. The highest BCUT2D eigenvalue weighted by Gasteiger charge is 2.22. The van der Waals surface area contributed by atoms with Crippen molar-refractivity contribution < 1.29 is 0 Å². The van der Waals surface area contributed by atoms with Gasteiger partial charge in [-0.05, 0) is 41.5 Å². The molecule has 2 heterocycles. The van der Waals surface area contributed by atoms with Crippen LogP contribution in [0.25, 0.3) is 22.3 Å². The van der Waals surface area contributed by atoms with Crippen LogP contribution in [0.3, 0.4) is 0 Å². The van der Waals surface area contributed by atoms with Crippen LogP contribution in [0.15, 0.2) is 42.6 Å². The number of fused-ring (bicyclic) bond motifs is 1. The Hall–Kier alpha value is -2.09. The summed E-state index contributed by atoms with van der Waals surface area (Å²) in [6.45, 7) is 9.00. The molecule has 114 valence electrons. The first-order valence-corrected chi connectivity index (χ1v) is 7.86. The Morgan fingerprint density at radius 3 is 2.41 bits per heavy atom. The average Bonchev–Trinajstić information content (AvgIpc) is 2.70. The van der Waals surface area contributed by atoms with Crippen molar-refractivity contribution in [3.63, 3.8) is 0 Å². The lowest BCUT2D eigenvalue weighted by Crippen LogP contribution is -2.10. The lowest BCUT2D eigenvalue weighted by molar-refractivity contribution is 0.413. The summed E-state index contributed by atoms with van der Waals surface area (Å²) in [5.74, 6) is 0. The average molecular weight is 292 g/mol. The van der Waals surface area contributed by atoms with Crippen molar-refractivity contribution in [2.45, 2.75) is 34.1 Å². The van der Waals surface area contributed by atoms with E-state index >= 15 is 0 Å². The van der Waals surface area contributed by atoms with Crippen molar-refractivity contribution in [1.82, 2.24) is 9.55 Å². The molecule has 22 heavy (non-hydrogen) atoms. The van der Waals surface area contributed by atoms with E-state index in [1.54, 1.807) is 0 Å². The van der Waals surface area contributed by atoms with Gasteiger partial charge in [0.15, 0.2) is 0 Å². The number of aromatic nitrogens is 2. The van der Waals surface area contributed by atoms with Gasteiger partial charge in [0.1, 0.15) is 5.65 Å². The molecular weight excluding hydrogens is 268 g/mol. The third kappa shape index (κ3) is 2.66. The lowest BCUT2D eigenvalue weighted by Gasteiger charge is -2.19. The van der Waals surface area contributed by atoms with Crippen molar-refractivity contribution in [2.75, 3.05) is 0 Å². The molecule has 0 aliphatic rings. The zero-order valence-corrected chi connectivity index (χ0v) is 14.1. The molecule has 0 atom stereocenters. The Labute approximate surface area is 132 Å². The molecule has 0 bridgehead atoms. The number of benzene rings is 1. The van der Waals surface area contributed by atoms with E-state index in [-0.39, 0.29) is 5.41 Å². The fraction of sp³-hybridized carbons (Fsp3) is 0.350. The standard InChI is InChI=1S/C20H24N2/c1-14-11-16-17(12-20(2,3)4)18(15-9-7-6-8-10-15)22(5)19(16)21-13-14/h6-11,13H,12H2,1-5H3. The zero-order valence-electron chi connectivity index (χ0n) is 14.1. The SMILES string of the molecule is Cc1cnc2c(c1)c(CC(C)(C)C)c(-c1ccccc1)n2C. The van der Waals surface area contributed by atoms with Gasteiger partial charge < -0.3 is 4.57 Å². The third-order valence-corrected chi connectivity index (χ3v) is 4.02. The van der Waals surface area contributed by atoms with Crippen LogP contribution >= 0.6 is 0 Å². The van der Waals surface area contributed by atoms with Crippen molar-refractivity contribution in [3.05, 3.63) is 53.7 Å². The maximum atomic E-state index is 4.68. The molecule has 2 heteroatoms. The van der Waals surface area contributed by atoms with Crippen LogP contribution in [0.4, 0.5) is 0 Å². The molecule has 0 fully saturated rings. The van der Waals surface area contributed by atoms with Gasteiger partial charge in [-0.2, -0.15) is 0 Å². The highest BCUT2D eigenvalue weighted by Crippen LogP contribution is 2.36. The van der Waals surface area contributed by atoms with E-state index in [1.807, 2.05) is 6.20 Å². The number of nitrogens with zero attached hydrogens (tertiary/aromatic N) is 2. The lowest BCUT2D eigenvalue weighted by atomic mass is 9.86. The van der Waals surface area contributed by atoms with Gasteiger partial charge in [0.05, 0.1) is 5.69 Å². The van der Waals surface area contributed by atoms with E-state index in [4.69, 9.17) is 0 Å². The van der Waals surface area contributed by atoms with Gasteiger partial charge in [-0.25, -0.2) is 4.98 Å². The molecule has 0 saturated carbocycles. The van der Waals surface area contributed by atoms with Gasteiger partial charge in [0.25, 0.3) is 0 Å². The van der Waals surface area contributed by atoms with E-state index in [9.17, 15) is 0 Å². The first kappa shape index (κ1) is 14.8. The first-order valence-electron chi connectivity index (χ1n) is 7.86. The van der Waals surface area contributed by atoms with Gasteiger partial charge in [-0.3, -0.25) is 0 Å². The molecule has 0 radical (unpaired) electrons. The van der Waals surface area contributed by atoms with Crippen LogP contribution in [-0.2, 0) is 13.5 Å². The molecular formula is C20H24N2. The van der Waals surface area contributed by atoms with Gasteiger partial charge in [-0.1, -0.05) is 51.1 Å². The molecule has 3 aromatic rings. The maximum Gasteiger partial charge on any atom is 0.140 e. The summed E-state index contributed by atoms with van der Waals surface area (Å²) < 4.78 is 2.24. The van der Waals surface area contributed by atoms with E-state index < -0.39 is 0 Å². The molecule has 1 aromatic carbocycles. The van der Waals surface area contributed by atoms with Gasteiger partial charge in [0.2, 0.25) is 0 Å². The molecule has 0 N–H and O–H groups in total. The van der Waals surface area contributed by atoms with Gasteiger partial charge in [-0.15, -0.1) is 0 Å². The highest BCUT2D eigenvalue weighted by molar-refractivity contribution is 5.89. The van der Waals surface area contributed by atoms with Crippen LogP contribution < -0.4 is 0 Å². The maximum absolute atomic E-state index is 4.68. The van der Waals surface area contributed by atoms with Crippen molar-refractivity contribution in [3.8, 4) is 11.3 Å². The summed E-state index contributed by atoms with van der Waals surface area (Å²) in [4.78, 5) is 4.68. The van der Waals surface area contributed by atoms with Crippen molar-refractivity contribution in [2.24, 2.45) is 12.5 Å². The number of rotatable bonds is 2. The Bertz CT molecular complexity index is 805. The van der Waals surface area contributed by atoms with E-state index in [1.165, 1.54) is 27.8 Å². The minimum absolute atomic E-state index is 0.238. The monoisotopic (exact) mass is 292 g/mol. The summed E-state index contributed by atoms with van der Waals surface area (Å²) in [6.07, 6.45) is 3.00. The number of aryl methyl sites for hydroxylation is 2. The second kappa shape index (κ2) is 5.28. The molecule has 0 spiro atoms. The predicted molar refractivity (Wildman–Crippen MR) is 94.0 cm³/mol. The van der Waals surface area contributed by atoms with E-state index in [0.717, 1.165) is 12.1 Å². The van der Waals surface area contributed by atoms with E-state index in [0.29, 0.717) is 0 Å². The molecule has 0 unspecified atom stereocenters. The van der Waals surface area contributed by atoms with Crippen molar-refractivity contribution in [1.29, 1.82) is 0 Å². The van der Waals surface area contributed by atoms with Crippen LogP contribution in [0.5, 0.6) is 0 Å². The summed E-state index contributed by atoms with van der Waals surface area (Å²) in [6, 6.07) is 12.9. The van der Waals surface area contributed by atoms with Crippen LogP contribution in [0, 0.1) is 12.3 Å². The highest BCUT2D eigenvalue weighted by atomic mass is 15.0. The Morgan fingerprint density at radius 1 is 1.09 bits per heavy atom. The minimum Gasteiger partial charge on any atom is -0.328 e. The quantitative estimate of drug-likeness (QED) is 0.639. The number of hydrogen-bond donors (Lipinski definition) is 0. The molecule has 2 nitrogen and oxygen atoms in total. The normalized spacial score (nSPS) is 12.0. The summed E-state index contributed by atoms with van der Waals surface area (Å²) in [7, 11) is 2.12. The Kier molecular flexibility index (Phi) is 3.56. The minimum atomic E-state index is 0.238.